The van der Waals surface area contributed by atoms with Crippen LogP contribution in [0.3, 0.4) is 0 Å². The fourth-order valence-corrected chi connectivity index (χ4v) is 9.11. The van der Waals surface area contributed by atoms with Gasteiger partial charge in [-0.3, -0.25) is 9.59 Å². The van der Waals surface area contributed by atoms with Gasteiger partial charge >= 0.3 is 0 Å². The second kappa shape index (κ2) is 8.02. The van der Waals surface area contributed by atoms with Gasteiger partial charge in [0.05, 0.1) is 11.9 Å². The fraction of sp³-hybridized carbons (Fsp3) is 0.607. The average Bonchev–Trinajstić information content (AvgIpc) is 3.36. The Morgan fingerprint density at radius 3 is 2.80 bits per heavy atom. The topological polar surface area (TPSA) is 101 Å². The summed E-state index contributed by atoms with van der Waals surface area (Å²) in [6.45, 7) is 4.24. The molecule has 1 aromatic carbocycles. The maximum atomic E-state index is 13.5. The van der Waals surface area contributed by atoms with Gasteiger partial charge in [0, 0.05) is 11.8 Å². The summed E-state index contributed by atoms with van der Waals surface area (Å²) < 4.78 is 5.75. The van der Waals surface area contributed by atoms with Crippen LogP contribution in [0.2, 0.25) is 0 Å². The lowest BCUT2D eigenvalue weighted by atomic mass is 9.45. The number of thioether (sulfide) groups is 1. The number of hydrogen-bond donors (Lipinski definition) is 2. The fourth-order valence-electron chi connectivity index (χ4n) is 8.31. The monoisotopic (exact) mass is 495 g/mol. The lowest BCUT2D eigenvalue weighted by molar-refractivity contribution is -0.178. The van der Waals surface area contributed by atoms with Crippen LogP contribution in [0.4, 0.5) is 0 Å². The largest absolute Gasteiger partial charge is 0.431 e. The number of carbonyl (C=O) groups excluding carboxylic acids is 2. The summed E-state index contributed by atoms with van der Waals surface area (Å²) in [5, 5.41) is 23.8. The van der Waals surface area contributed by atoms with Crippen LogP contribution in [0, 0.1) is 28.6 Å². The number of fused-ring (bicyclic) bond motifs is 6. The summed E-state index contributed by atoms with van der Waals surface area (Å²) >= 11 is 1.23. The lowest BCUT2D eigenvalue weighted by Gasteiger charge is -2.60. The second-order valence-electron chi connectivity index (χ2n) is 11.6. The minimum atomic E-state index is -1.47. The van der Waals surface area contributed by atoms with Gasteiger partial charge in [-0.2, -0.15) is 0 Å². The third-order valence-corrected chi connectivity index (χ3v) is 10.9. The first-order valence-electron chi connectivity index (χ1n) is 12.8. The maximum absolute atomic E-state index is 13.5. The molecule has 0 amide bonds. The van der Waals surface area contributed by atoms with E-state index in [0.29, 0.717) is 30.1 Å². The minimum absolute atomic E-state index is 0.0697. The van der Waals surface area contributed by atoms with Gasteiger partial charge in [-0.25, -0.2) is 4.98 Å². The first kappa shape index (κ1) is 23.4. The predicted octanol–water partition coefficient (Wildman–Crippen LogP) is 4.72. The summed E-state index contributed by atoms with van der Waals surface area (Å²) in [4.78, 5) is 30.1. The van der Waals surface area contributed by atoms with E-state index < -0.39 is 17.1 Å². The number of aromatic nitrogens is 1. The van der Waals surface area contributed by atoms with Crippen molar-refractivity contribution < 1.29 is 24.2 Å². The Hall–Kier alpha value is -1.96. The number of benzene rings is 1. The van der Waals surface area contributed by atoms with Gasteiger partial charge < -0.3 is 14.6 Å². The Labute approximate surface area is 209 Å². The van der Waals surface area contributed by atoms with Crippen molar-refractivity contribution in [2.45, 2.75) is 75.7 Å². The van der Waals surface area contributed by atoms with Crippen LogP contribution >= 0.6 is 11.8 Å². The van der Waals surface area contributed by atoms with Crippen molar-refractivity contribution in [2.75, 3.05) is 5.75 Å². The number of ketones is 2. The number of oxazole rings is 1. The van der Waals surface area contributed by atoms with Crippen molar-refractivity contribution in [1.29, 1.82) is 0 Å². The number of allylic oxidation sites excluding steroid dienone is 1. The molecule has 1 aromatic heterocycles. The minimum Gasteiger partial charge on any atom is -0.431 e. The first-order chi connectivity index (χ1) is 16.7. The van der Waals surface area contributed by atoms with Crippen LogP contribution in [0.15, 0.2) is 45.6 Å². The molecule has 3 saturated carbocycles. The molecular weight excluding hydrogens is 462 g/mol. The highest BCUT2D eigenvalue weighted by molar-refractivity contribution is 7.99. The van der Waals surface area contributed by atoms with Crippen LogP contribution in [0.5, 0.6) is 0 Å². The molecule has 6 rings (SSSR count). The number of nitrogens with zero attached hydrogens (tertiary/aromatic N) is 1. The third-order valence-electron chi connectivity index (χ3n) is 10.1. The van der Waals surface area contributed by atoms with Crippen molar-refractivity contribution in [3.63, 3.8) is 0 Å². The zero-order valence-electron chi connectivity index (χ0n) is 20.3. The molecule has 7 heteroatoms. The molecule has 2 N–H and O–H groups in total. The molecule has 0 spiro atoms. The van der Waals surface area contributed by atoms with E-state index >= 15 is 0 Å². The van der Waals surface area contributed by atoms with Gasteiger partial charge in [0.1, 0.15) is 11.1 Å². The Kier molecular flexibility index (Phi) is 5.37. The molecule has 1 heterocycles. The van der Waals surface area contributed by atoms with Crippen molar-refractivity contribution in [3.05, 3.63) is 35.9 Å². The van der Waals surface area contributed by atoms with Gasteiger partial charge in [0.15, 0.2) is 17.1 Å². The predicted molar refractivity (Wildman–Crippen MR) is 133 cm³/mol. The second-order valence-corrected chi connectivity index (χ2v) is 12.6. The summed E-state index contributed by atoms with van der Waals surface area (Å²) in [7, 11) is 0. The third kappa shape index (κ3) is 3.34. The number of Topliss-reactive ketones (excluding diaryl/α,β-unsaturated/α-hetero) is 1. The van der Waals surface area contributed by atoms with E-state index in [1.165, 1.54) is 17.3 Å². The van der Waals surface area contributed by atoms with Gasteiger partial charge in [-0.1, -0.05) is 43.3 Å². The molecule has 186 valence electrons. The van der Waals surface area contributed by atoms with Crippen molar-refractivity contribution in [3.8, 4) is 0 Å². The number of carbonyl (C=O) groups is 2. The molecule has 4 aliphatic rings. The van der Waals surface area contributed by atoms with Gasteiger partial charge in [0.25, 0.3) is 5.22 Å². The molecule has 3 fully saturated rings. The van der Waals surface area contributed by atoms with Crippen LogP contribution in [0.25, 0.3) is 11.1 Å². The van der Waals surface area contributed by atoms with E-state index in [-0.39, 0.29) is 40.5 Å². The van der Waals surface area contributed by atoms with E-state index in [2.05, 4.69) is 11.9 Å². The van der Waals surface area contributed by atoms with Crippen LogP contribution < -0.4 is 0 Å². The van der Waals surface area contributed by atoms with Crippen molar-refractivity contribution in [2.24, 2.45) is 28.6 Å². The molecule has 0 bridgehead atoms. The summed E-state index contributed by atoms with van der Waals surface area (Å²) in [5.74, 6) is 0.568. The molecule has 7 atom stereocenters. The van der Waals surface area contributed by atoms with Crippen molar-refractivity contribution in [1.82, 2.24) is 4.98 Å². The quantitative estimate of drug-likeness (QED) is 0.592. The smallest absolute Gasteiger partial charge is 0.257 e. The Morgan fingerprint density at radius 2 is 2.00 bits per heavy atom. The van der Waals surface area contributed by atoms with Gasteiger partial charge in [-0.05, 0) is 79.9 Å². The molecule has 2 aromatic rings. The Morgan fingerprint density at radius 1 is 1.20 bits per heavy atom. The van der Waals surface area contributed by atoms with Crippen molar-refractivity contribution >= 4 is 34.4 Å². The molecular formula is C28H33NO5S. The normalized spacial score (nSPS) is 40.7. The number of aliphatic hydroxyl groups is 2. The van der Waals surface area contributed by atoms with E-state index in [4.69, 9.17) is 4.42 Å². The summed E-state index contributed by atoms with van der Waals surface area (Å²) in [5.41, 5.74) is 0.303. The highest BCUT2D eigenvalue weighted by atomic mass is 32.2. The van der Waals surface area contributed by atoms with Crippen LogP contribution in [-0.2, 0) is 9.59 Å². The summed E-state index contributed by atoms with van der Waals surface area (Å²) in [6.07, 6.45) is 5.93. The highest BCUT2D eigenvalue weighted by Crippen LogP contribution is 2.67. The number of para-hydroxylation sites is 2. The standard InChI is InChI=1S/C28H33NO5S/c1-26-11-9-17(30)13-16(26)7-8-18-19-10-12-28(33,27(19,2)14-21(31)24(18)26)23(32)15-35-25-29-20-5-3-4-6-22(20)34-25/h3-6,13,18-19,21,24,31,33H,7-12,14-15H2,1-2H3/t18-,19-,21-,24+,26-,27-,28-/m0/s1. The number of rotatable bonds is 4. The van der Waals surface area contributed by atoms with Gasteiger partial charge in [-0.15, -0.1) is 0 Å². The van der Waals surface area contributed by atoms with E-state index in [9.17, 15) is 19.8 Å². The zero-order valence-corrected chi connectivity index (χ0v) is 21.1. The average molecular weight is 496 g/mol. The Balaban J connectivity index is 1.24. The molecule has 35 heavy (non-hydrogen) atoms. The molecule has 0 unspecified atom stereocenters. The zero-order chi connectivity index (χ0) is 24.6. The first-order valence-corrected chi connectivity index (χ1v) is 13.8. The SMILES string of the molecule is C[C@]12CCC(=O)C=C1CC[C@@H]1[C@@H]2[C@@H](O)C[C@@]2(C)[C@H]1CC[C@]2(O)C(=O)CSc1nc2ccccc2o1. The van der Waals surface area contributed by atoms with Gasteiger partial charge in [0.2, 0.25) is 0 Å². The number of aliphatic hydroxyl groups excluding tert-OH is 1. The maximum Gasteiger partial charge on any atom is 0.257 e. The van der Waals surface area contributed by atoms with E-state index in [0.717, 1.165) is 31.2 Å². The molecule has 0 aliphatic heterocycles. The molecule has 6 nitrogen and oxygen atoms in total. The molecule has 4 aliphatic carbocycles. The highest BCUT2D eigenvalue weighted by Gasteiger charge is 2.68. The summed E-state index contributed by atoms with van der Waals surface area (Å²) in [6, 6.07) is 7.49. The molecule has 0 saturated heterocycles. The van der Waals surface area contributed by atoms with Crippen LogP contribution in [0.1, 0.15) is 58.8 Å². The van der Waals surface area contributed by atoms with E-state index in [1.54, 1.807) is 0 Å². The lowest BCUT2D eigenvalue weighted by Crippen LogP contribution is -2.61. The number of hydrogen-bond acceptors (Lipinski definition) is 7. The van der Waals surface area contributed by atoms with Crippen LogP contribution in [-0.4, -0.2) is 44.2 Å². The van der Waals surface area contributed by atoms with E-state index in [1.807, 2.05) is 37.3 Å². The Bertz CT molecular complexity index is 1200. The molecule has 0 radical (unpaired) electrons.